The van der Waals surface area contributed by atoms with E-state index in [1.807, 2.05) is 6.07 Å². The van der Waals surface area contributed by atoms with Crippen LogP contribution in [0.4, 0.5) is 25.8 Å². The fourth-order valence-electron chi connectivity index (χ4n) is 3.87. The van der Waals surface area contributed by atoms with Crippen molar-refractivity contribution in [3.63, 3.8) is 0 Å². The first-order valence-corrected chi connectivity index (χ1v) is 10.7. The largest absolute Gasteiger partial charge is 0.370 e. The molecule has 170 valence electrons. The molecule has 1 unspecified atom stereocenters. The lowest BCUT2D eigenvalue weighted by molar-refractivity contribution is -0.117. The van der Waals surface area contributed by atoms with Gasteiger partial charge in [0.1, 0.15) is 17.7 Å². The van der Waals surface area contributed by atoms with Gasteiger partial charge in [0.2, 0.25) is 5.91 Å². The summed E-state index contributed by atoms with van der Waals surface area (Å²) in [7, 11) is 0. The highest BCUT2D eigenvalue weighted by atomic mass is 19.1. The summed E-state index contributed by atoms with van der Waals surface area (Å²) in [6.45, 7) is 0.778. The van der Waals surface area contributed by atoms with Crippen molar-refractivity contribution in [2.45, 2.75) is 25.4 Å². The topological polar surface area (TPSA) is 87.5 Å². The minimum atomic E-state index is -1.08. The molecule has 3 aromatic rings. The number of nitrogens with two attached hydrogens (primary N) is 1. The molecule has 0 aromatic heterocycles. The molecule has 1 heterocycles. The van der Waals surface area contributed by atoms with Crippen molar-refractivity contribution in [1.82, 2.24) is 0 Å². The average molecular weight is 450 g/mol. The molecule has 1 aliphatic rings. The lowest BCUT2D eigenvalue weighted by Gasteiger charge is -2.22. The smallest absolute Gasteiger partial charge is 0.251 e. The summed E-state index contributed by atoms with van der Waals surface area (Å²) < 4.78 is 29.3. The molecule has 0 radical (unpaired) electrons. The van der Waals surface area contributed by atoms with Gasteiger partial charge in [-0.2, -0.15) is 0 Å². The number of amides is 2. The molecule has 1 atom stereocenters. The number of rotatable bonds is 7. The lowest BCUT2D eigenvalue weighted by Crippen LogP contribution is -2.28. The monoisotopic (exact) mass is 450 g/mol. The van der Waals surface area contributed by atoms with Gasteiger partial charge in [0.15, 0.2) is 0 Å². The zero-order valence-electron chi connectivity index (χ0n) is 17.9. The van der Waals surface area contributed by atoms with Crippen LogP contribution in [0.1, 0.15) is 30.0 Å². The Morgan fingerprint density at radius 2 is 1.82 bits per heavy atom. The molecule has 33 heavy (non-hydrogen) atoms. The maximum Gasteiger partial charge on any atom is 0.251 e. The Labute approximate surface area is 190 Å². The fourth-order valence-corrected chi connectivity index (χ4v) is 3.87. The minimum Gasteiger partial charge on any atom is -0.370 e. The van der Waals surface area contributed by atoms with Gasteiger partial charge in [0, 0.05) is 36.4 Å². The first kappa shape index (κ1) is 22.4. The summed E-state index contributed by atoms with van der Waals surface area (Å²) in [6, 6.07) is 16.2. The van der Waals surface area contributed by atoms with Gasteiger partial charge in [-0.25, -0.2) is 8.78 Å². The van der Waals surface area contributed by atoms with Gasteiger partial charge >= 0.3 is 0 Å². The number of anilines is 3. The molecule has 2 amide bonds. The molecule has 1 saturated heterocycles. The molecule has 6 nitrogen and oxygen atoms in total. The highest BCUT2D eigenvalue weighted by Crippen LogP contribution is 2.28. The van der Waals surface area contributed by atoms with Crippen LogP contribution in [0.5, 0.6) is 0 Å². The molecule has 4 N–H and O–H groups in total. The van der Waals surface area contributed by atoms with Crippen LogP contribution in [0, 0.1) is 11.6 Å². The predicted octanol–water partition coefficient (Wildman–Crippen LogP) is 4.34. The first-order chi connectivity index (χ1) is 16.0. The van der Waals surface area contributed by atoms with Gasteiger partial charge in [-0.15, -0.1) is 0 Å². The van der Waals surface area contributed by atoms with E-state index < -0.39 is 23.6 Å². The second kappa shape index (κ2) is 9.79. The van der Waals surface area contributed by atoms with Crippen molar-refractivity contribution in [3.05, 3.63) is 89.5 Å². The maximum atomic E-state index is 14.7. The van der Waals surface area contributed by atoms with Crippen molar-refractivity contribution < 1.29 is 18.4 Å². The summed E-state index contributed by atoms with van der Waals surface area (Å²) in [4.78, 5) is 26.5. The van der Waals surface area contributed by atoms with Crippen LogP contribution in [-0.2, 0) is 16.1 Å². The first-order valence-electron chi connectivity index (χ1n) is 10.7. The van der Waals surface area contributed by atoms with Gasteiger partial charge in [0.25, 0.3) is 5.91 Å². The van der Waals surface area contributed by atoms with E-state index in [9.17, 15) is 18.4 Å². The lowest BCUT2D eigenvalue weighted by atomic mass is 10.0. The van der Waals surface area contributed by atoms with Crippen LogP contribution in [0.25, 0.3) is 0 Å². The van der Waals surface area contributed by atoms with Crippen LogP contribution in [0.3, 0.4) is 0 Å². The number of hydrogen-bond acceptors (Lipinski definition) is 4. The number of carbonyl (C=O) groups excluding carboxylic acids is 2. The van der Waals surface area contributed by atoms with Crippen molar-refractivity contribution in [2.75, 3.05) is 22.1 Å². The van der Waals surface area contributed by atoms with E-state index in [4.69, 9.17) is 5.73 Å². The van der Waals surface area contributed by atoms with Crippen LogP contribution in [0.2, 0.25) is 0 Å². The second-order valence-electron chi connectivity index (χ2n) is 7.81. The minimum absolute atomic E-state index is 0.130. The zero-order valence-corrected chi connectivity index (χ0v) is 17.9. The Hall–Kier alpha value is -3.78. The Morgan fingerprint density at radius 3 is 2.52 bits per heavy atom. The van der Waals surface area contributed by atoms with E-state index in [1.165, 1.54) is 35.2 Å². The second-order valence-corrected chi connectivity index (χ2v) is 7.81. The highest BCUT2D eigenvalue weighted by Gasteiger charge is 2.26. The van der Waals surface area contributed by atoms with Crippen LogP contribution in [-0.4, -0.2) is 18.4 Å². The third-order valence-electron chi connectivity index (χ3n) is 5.53. The van der Waals surface area contributed by atoms with E-state index >= 15 is 0 Å². The van der Waals surface area contributed by atoms with Crippen molar-refractivity contribution in [3.8, 4) is 0 Å². The summed E-state index contributed by atoms with van der Waals surface area (Å²) in [5, 5.41) is 5.70. The number of nitrogens with zero attached hydrogens (tertiary/aromatic N) is 1. The number of halogens is 2. The molecule has 0 saturated carbocycles. The van der Waals surface area contributed by atoms with E-state index in [0.29, 0.717) is 31.6 Å². The number of nitrogens with one attached hydrogen (secondary N) is 2. The summed E-state index contributed by atoms with van der Waals surface area (Å²) in [5.74, 6) is -1.86. The zero-order chi connectivity index (χ0) is 23.4. The normalized spacial score (nSPS) is 14.3. The van der Waals surface area contributed by atoms with E-state index in [2.05, 4.69) is 10.6 Å². The van der Waals surface area contributed by atoms with Crippen LogP contribution in [0.15, 0.2) is 66.7 Å². The summed E-state index contributed by atoms with van der Waals surface area (Å²) in [6.07, 6.45) is 1.07. The molecule has 0 bridgehead atoms. The Kier molecular flexibility index (Phi) is 6.65. The SMILES string of the molecule is NCc1cccc(NC(C(=O)Nc2ccc(N3CCCC3=O)c(F)c2)c2ccccc2F)c1. The molecule has 1 fully saturated rings. The van der Waals surface area contributed by atoms with Crippen molar-refractivity contribution in [1.29, 1.82) is 0 Å². The fraction of sp³-hybridized carbons (Fsp3) is 0.200. The van der Waals surface area contributed by atoms with Crippen LogP contribution >= 0.6 is 0 Å². The van der Waals surface area contributed by atoms with Gasteiger partial charge < -0.3 is 21.3 Å². The number of benzene rings is 3. The van der Waals surface area contributed by atoms with Crippen molar-refractivity contribution >= 4 is 28.9 Å². The molecule has 3 aromatic carbocycles. The molecule has 0 spiro atoms. The van der Waals surface area contributed by atoms with E-state index in [-0.39, 0.29) is 22.8 Å². The molecular formula is C25H24F2N4O2. The van der Waals surface area contributed by atoms with Gasteiger partial charge in [-0.05, 0) is 48.4 Å². The Bertz CT molecular complexity index is 1180. The number of carbonyl (C=O) groups is 2. The summed E-state index contributed by atoms with van der Waals surface area (Å²) >= 11 is 0. The van der Waals surface area contributed by atoms with E-state index in [0.717, 1.165) is 11.6 Å². The quantitative estimate of drug-likeness (QED) is 0.500. The maximum absolute atomic E-state index is 14.7. The number of hydrogen-bond donors (Lipinski definition) is 3. The Morgan fingerprint density at radius 1 is 1.00 bits per heavy atom. The third-order valence-corrected chi connectivity index (χ3v) is 5.53. The van der Waals surface area contributed by atoms with Gasteiger partial charge in [-0.3, -0.25) is 9.59 Å². The average Bonchev–Trinajstić information content (AvgIpc) is 3.24. The van der Waals surface area contributed by atoms with Gasteiger partial charge in [-0.1, -0.05) is 30.3 Å². The van der Waals surface area contributed by atoms with E-state index in [1.54, 1.807) is 24.3 Å². The standard InChI is InChI=1S/C25H24F2N4O2/c26-20-8-2-1-7-19(20)24(29-17-6-3-5-16(13-17)15-28)25(33)30-18-10-11-22(21(27)14-18)31-12-4-9-23(31)32/h1-3,5-8,10-11,13-14,24,29H,4,9,12,15,28H2,(H,30,33). The highest BCUT2D eigenvalue weighted by molar-refractivity contribution is 5.98. The molecule has 1 aliphatic heterocycles. The van der Waals surface area contributed by atoms with Crippen molar-refractivity contribution in [2.24, 2.45) is 5.73 Å². The third kappa shape index (κ3) is 5.01. The van der Waals surface area contributed by atoms with Gasteiger partial charge in [0.05, 0.1) is 5.69 Å². The predicted molar refractivity (Wildman–Crippen MR) is 124 cm³/mol. The molecular weight excluding hydrogens is 426 g/mol. The molecule has 8 heteroatoms. The summed E-state index contributed by atoms with van der Waals surface area (Å²) in [5.41, 5.74) is 7.67. The Balaban J connectivity index is 1.59. The molecule has 4 rings (SSSR count). The molecule has 0 aliphatic carbocycles. The van der Waals surface area contributed by atoms with Crippen LogP contribution < -0.4 is 21.3 Å².